The molecule has 1 saturated heterocycles. The van der Waals surface area contributed by atoms with Crippen molar-refractivity contribution in [3.8, 4) is 0 Å². The van der Waals surface area contributed by atoms with Crippen LogP contribution in [0.25, 0.3) is 0 Å². The van der Waals surface area contributed by atoms with Crippen molar-refractivity contribution in [2.24, 2.45) is 5.73 Å². The summed E-state index contributed by atoms with van der Waals surface area (Å²) in [5.74, 6) is 0.0334. The van der Waals surface area contributed by atoms with Gasteiger partial charge in [-0.25, -0.2) is 0 Å². The van der Waals surface area contributed by atoms with Crippen LogP contribution in [-0.4, -0.2) is 53.4 Å². The molecule has 1 aromatic rings. The van der Waals surface area contributed by atoms with E-state index in [-0.39, 0.29) is 18.6 Å². The van der Waals surface area contributed by atoms with Crippen molar-refractivity contribution in [2.75, 3.05) is 26.3 Å². The van der Waals surface area contributed by atoms with Crippen molar-refractivity contribution in [3.63, 3.8) is 0 Å². The van der Waals surface area contributed by atoms with E-state index in [2.05, 4.69) is 24.0 Å². The number of nitrogens with two attached hydrogens (primary N) is 1. The topological polar surface area (TPSA) is 58.7 Å². The summed E-state index contributed by atoms with van der Waals surface area (Å²) in [6, 6.07) is 10.4. The molecule has 0 radical (unpaired) electrons. The number of hydrogen-bond donors (Lipinski definition) is 2. The van der Waals surface area contributed by atoms with Crippen LogP contribution in [0, 0.1) is 0 Å². The van der Waals surface area contributed by atoms with Crippen LogP contribution in [0.3, 0.4) is 0 Å². The predicted octanol–water partition coefficient (Wildman–Crippen LogP) is 1.14. The fraction of sp³-hybridized carbons (Fsp3) is 0.533. The zero-order chi connectivity index (χ0) is 14.5. The second kappa shape index (κ2) is 7.13. The number of ether oxygens (including phenoxy) is 1. The van der Waals surface area contributed by atoms with Crippen molar-refractivity contribution in [1.82, 2.24) is 4.90 Å². The standard InChI is InChI=1S/C15H22N2O2S/c1-11-10-19-13(9-18)7-17(11)8-14(15(16)20)12-5-3-2-4-6-12/h2-6,11,13-14,18H,7-10H2,1H3,(H2,16,20). The number of thiocarbonyl (C=S) groups is 1. The fourth-order valence-electron chi connectivity index (χ4n) is 2.52. The Labute approximate surface area is 125 Å². The minimum absolute atomic E-state index is 0.0334. The number of aliphatic hydroxyl groups excluding tert-OH is 1. The van der Waals surface area contributed by atoms with Crippen LogP contribution in [0.1, 0.15) is 18.4 Å². The molecule has 0 aliphatic carbocycles. The van der Waals surface area contributed by atoms with Gasteiger partial charge in [0.25, 0.3) is 0 Å². The number of benzene rings is 1. The van der Waals surface area contributed by atoms with E-state index in [4.69, 9.17) is 22.7 Å². The molecule has 110 valence electrons. The summed E-state index contributed by atoms with van der Waals surface area (Å²) in [5, 5.41) is 9.25. The molecule has 3 unspecified atom stereocenters. The highest BCUT2D eigenvalue weighted by Crippen LogP contribution is 2.21. The van der Waals surface area contributed by atoms with Gasteiger partial charge in [0.15, 0.2) is 0 Å². The molecule has 3 N–H and O–H groups in total. The highest BCUT2D eigenvalue weighted by Gasteiger charge is 2.28. The Bertz CT molecular complexity index is 441. The highest BCUT2D eigenvalue weighted by molar-refractivity contribution is 7.80. The van der Waals surface area contributed by atoms with E-state index in [1.54, 1.807) is 0 Å². The molecule has 3 atom stereocenters. The van der Waals surface area contributed by atoms with Gasteiger partial charge in [-0.1, -0.05) is 42.5 Å². The van der Waals surface area contributed by atoms with E-state index >= 15 is 0 Å². The van der Waals surface area contributed by atoms with E-state index in [1.165, 1.54) is 0 Å². The van der Waals surface area contributed by atoms with Crippen molar-refractivity contribution in [3.05, 3.63) is 35.9 Å². The molecule has 0 aromatic heterocycles. The Morgan fingerprint density at radius 2 is 2.20 bits per heavy atom. The van der Waals surface area contributed by atoms with Gasteiger partial charge in [-0.05, 0) is 12.5 Å². The molecule has 1 aliphatic heterocycles. The number of nitrogens with zero attached hydrogens (tertiary/aromatic N) is 1. The molecule has 1 heterocycles. The normalized spacial score (nSPS) is 25.3. The zero-order valence-electron chi connectivity index (χ0n) is 11.7. The first-order valence-corrected chi connectivity index (χ1v) is 7.33. The van der Waals surface area contributed by atoms with Gasteiger partial charge in [0.2, 0.25) is 0 Å². The van der Waals surface area contributed by atoms with E-state index < -0.39 is 0 Å². The van der Waals surface area contributed by atoms with Crippen LogP contribution >= 0.6 is 12.2 Å². The Morgan fingerprint density at radius 3 is 2.80 bits per heavy atom. The molecule has 0 saturated carbocycles. The third kappa shape index (κ3) is 3.76. The van der Waals surface area contributed by atoms with Crippen LogP contribution in [-0.2, 0) is 4.74 Å². The first-order chi connectivity index (χ1) is 9.61. The molecule has 1 aromatic carbocycles. The van der Waals surface area contributed by atoms with Gasteiger partial charge in [-0.2, -0.15) is 0 Å². The SMILES string of the molecule is CC1COC(CO)CN1CC(C(N)=S)c1ccccc1. The average Bonchev–Trinajstić information content (AvgIpc) is 2.47. The molecular weight excluding hydrogens is 272 g/mol. The molecular formula is C15H22N2O2S. The lowest BCUT2D eigenvalue weighted by molar-refractivity contribution is -0.0778. The van der Waals surface area contributed by atoms with Crippen LogP contribution < -0.4 is 5.73 Å². The summed E-state index contributed by atoms with van der Waals surface area (Å²) in [5.41, 5.74) is 7.06. The molecule has 20 heavy (non-hydrogen) atoms. The first kappa shape index (κ1) is 15.4. The molecule has 1 fully saturated rings. The van der Waals surface area contributed by atoms with Gasteiger partial charge in [0.05, 0.1) is 24.3 Å². The summed E-state index contributed by atoms with van der Waals surface area (Å²) < 4.78 is 5.56. The molecule has 0 spiro atoms. The molecule has 2 rings (SSSR count). The van der Waals surface area contributed by atoms with Crippen molar-refractivity contribution < 1.29 is 9.84 Å². The highest BCUT2D eigenvalue weighted by atomic mass is 32.1. The number of aliphatic hydroxyl groups is 1. The number of hydrogen-bond acceptors (Lipinski definition) is 4. The number of rotatable bonds is 5. The van der Waals surface area contributed by atoms with E-state index in [0.29, 0.717) is 24.2 Å². The summed E-state index contributed by atoms with van der Waals surface area (Å²) in [6.07, 6.45) is -0.117. The van der Waals surface area contributed by atoms with E-state index in [0.717, 1.165) is 12.1 Å². The van der Waals surface area contributed by atoms with Crippen molar-refractivity contribution in [2.45, 2.75) is 25.0 Å². The smallest absolute Gasteiger partial charge is 0.0933 e. The van der Waals surface area contributed by atoms with Gasteiger partial charge in [0.1, 0.15) is 0 Å². The summed E-state index contributed by atoms with van der Waals surface area (Å²) in [6.45, 7) is 4.27. The Hall–Kier alpha value is -1.01. The lowest BCUT2D eigenvalue weighted by Gasteiger charge is -2.39. The lowest BCUT2D eigenvalue weighted by Crippen LogP contribution is -2.51. The summed E-state index contributed by atoms with van der Waals surface area (Å²) >= 11 is 5.23. The first-order valence-electron chi connectivity index (χ1n) is 6.92. The van der Waals surface area contributed by atoms with E-state index in [1.807, 2.05) is 18.2 Å². The summed E-state index contributed by atoms with van der Waals surface area (Å²) in [4.78, 5) is 2.80. The lowest BCUT2D eigenvalue weighted by atomic mass is 9.97. The van der Waals surface area contributed by atoms with Crippen LogP contribution in [0.2, 0.25) is 0 Å². The van der Waals surface area contributed by atoms with E-state index in [9.17, 15) is 5.11 Å². The van der Waals surface area contributed by atoms with Gasteiger partial charge in [0, 0.05) is 25.0 Å². The summed E-state index contributed by atoms with van der Waals surface area (Å²) in [7, 11) is 0. The quantitative estimate of drug-likeness (QED) is 0.798. The molecule has 0 bridgehead atoms. The Balaban J connectivity index is 2.09. The molecule has 1 aliphatic rings. The maximum Gasteiger partial charge on any atom is 0.0933 e. The molecule has 4 nitrogen and oxygen atoms in total. The minimum Gasteiger partial charge on any atom is -0.394 e. The predicted molar refractivity (Wildman–Crippen MR) is 83.8 cm³/mol. The fourth-order valence-corrected chi connectivity index (χ4v) is 2.73. The van der Waals surface area contributed by atoms with Crippen molar-refractivity contribution >= 4 is 17.2 Å². The van der Waals surface area contributed by atoms with Crippen LogP contribution in [0.5, 0.6) is 0 Å². The second-order valence-electron chi connectivity index (χ2n) is 5.31. The maximum atomic E-state index is 9.25. The van der Waals surface area contributed by atoms with Gasteiger partial charge in [-0.15, -0.1) is 0 Å². The monoisotopic (exact) mass is 294 g/mol. The Kier molecular flexibility index (Phi) is 5.48. The zero-order valence-corrected chi connectivity index (χ0v) is 12.6. The van der Waals surface area contributed by atoms with Crippen molar-refractivity contribution in [1.29, 1.82) is 0 Å². The third-order valence-electron chi connectivity index (χ3n) is 3.80. The second-order valence-corrected chi connectivity index (χ2v) is 5.78. The maximum absolute atomic E-state index is 9.25. The average molecular weight is 294 g/mol. The molecule has 0 amide bonds. The Morgan fingerprint density at radius 1 is 1.50 bits per heavy atom. The van der Waals surface area contributed by atoms with Gasteiger partial charge < -0.3 is 15.6 Å². The van der Waals surface area contributed by atoms with Gasteiger partial charge >= 0.3 is 0 Å². The van der Waals surface area contributed by atoms with Crippen LogP contribution in [0.15, 0.2) is 30.3 Å². The number of morpholine rings is 1. The minimum atomic E-state index is -0.117. The van der Waals surface area contributed by atoms with Gasteiger partial charge in [-0.3, -0.25) is 4.90 Å². The van der Waals surface area contributed by atoms with Crippen LogP contribution in [0.4, 0.5) is 0 Å². The molecule has 5 heteroatoms. The third-order valence-corrected chi connectivity index (χ3v) is 4.09. The largest absolute Gasteiger partial charge is 0.394 e.